The van der Waals surface area contributed by atoms with Crippen molar-refractivity contribution in [2.75, 3.05) is 0 Å². The molecule has 1 unspecified atom stereocenters. The average Bonchev–Trinajstić information content (AvgIpc) is 2.51. The first-order chi connectivity index (χ1) is 11.2. The molecule has 2 heterocycles. The Morgan fingerprint density at radius 1 is 1.17 bits per heavy atom. The van der Waals surface area contributed by atoms with Gasteiger partial charge in [-0.05, 0) is 19.8 Å². The van der Waals surface area contributed by atoms with Crippen molar-refractivity contribution < 1.29 is 13.2 Å². The van der Waals surface area contributed by atoms with Crippen molar-refractivity contribution in [2.24, 2.45) is 7.05 Å². The number of nitrogens with one attached hydrogen (secondary N) is 1. The Morgan fingerprint density at radius 3 is 2.42 bits per heavy atom. The molecule has 0 amide bonds. The Hall–Kier alpha value is -2.39. The van der Waals surface area contributed by atoms with E-state index in [1.807, 2.05) is 0 Å². The van der Waals surface area contributed by atoms with E-state index in [2.05, 4.69) is 9.97 Å². The van der Waals surface area contributed by atoms with Crippen LogP contribution in [-0.4, -0.2) is 25.5 Å². The van der Waals surface area contributed by atoms with Crippen LogP contribution >= 0.6 is 0 Å². The highest BCUT2D eigenvalue weighted by atomic mass is 19.3. The first-order valence-corrected chi connectivity index (χ1v) is 7.40. The largest absolute Gasteiger partial charge is 0.331 e. The van der Waals surface area contributed by atoms with Gasteiger partial charge in [0, 0.05) is 20.0 Å². The third-order valence-electron chi connectivity index (χ3n) is 3.64. The van der Waals surface area contributed by atoms with Crippen LogP contribution in [-0.2, 0) is 13.6 Å². The monoisotopic (exact) mass is 346 g/mol. The highest BCUT2D eigenvalue weighted by Gasteiger charge is 2.18. The average molecular weight is 346 g/mol. The van der Waals surface area contributed by atoms with E-state index < -0.39 is 29.4 Å². The summed E-state index contributed by atoms with van der Waals surface area (Å²) in [5.41, 5.74) is -2.98. The summed E-state index contributed by atoms with van der Waals surface area (Å²) in [4.78, 5) is 42.6. The van der Waals surface area contributed by atoms with E-state index in [4.69, 9.17) is 0 Å². The van der Waals surface area contributed by atoms with Crippen molar-refractivity contribution >= 4 is 11.0 Å². The summed E-state index contributed by atoms with van der Waals surface area (Å²) in [5, 5.41) is 0. The van der Waals surface area contributed by atoms with E-state index in [9.17, 15) is 27.6 Å². The summed E-state index contributed by atoms with van der Waals surface area (Å²) in [7, 11) is 1.21. The zero-order valence-electron chi connectivity index (χ0n) is 13.2. The molecule has 2 aromatic rings. The van der Waals surface area contributed by atoms with E-state index in [-0.39, 0.29) is 42.7 Å². The van der Waals surface area contributed by atoms with Gasteiger partial charge in [-0.3, -0.25) is 18.7 Å². The lowest BCUT2D eigenvalue weighted by Crippen LogP contribution is -2.41. The fourth-order valence-corrected chi connectivity index (χ4v) is 2.37. The molecule has 0 saturated carbocycles. The molecule has 2 rings (SSSR count). The minimum Gasteiger partial charge on any atom is -0.306 e. The molecule has 10 heteroatoms. The van der Waals surface area contributed by atoms with Crippen molar-refractivity contribution in [3.63, 3.8) is 0 Å². The molecule has 2 aromatic heterocycles. The van der Waals surface area contributed by atoms with Crippen LogP contribution in [0, 0.1) is 0 Å². The first-order valence-electron chi connectivity index (χ1n) is 7.40. The summed E-state index contributed by atoms with van der Waals surface area (Å²) in [6.07, 6.45) is -4.00. The highest BCUT2D eigenvalue weighted by Crippen LogP contribution is 2.12. The summed E-state index contributed by atoms with van der Waals surface area (Å²) < 4.78 is 39.5. The second kappa shape index (κ2) is 7.02. The van der Waals surface area contributed by atoms with Gasteiger partial charge in [-0.1, -0.05) is 0 Å². The number of H-pyrrole nitrogens is 1. The van der Waals surface area contributed by atoms with E-state index in [0.29, 0.717) is 0 Å². The van der Waals surface area contributed by atoms with Gasteiger partial charge in [-0.25, -0.2) is 22.9 Å². The number of aromatic amines is 1. The number of aryl methyl sites for hydroxylation is 1. The predicted octanol–water partition coefficient (Wildman–Crippen LogP) is 1.25. The van der Waals surface area contributed by atoms with Gasteiger partial charge in [0.2, 0.25) is 6.43 Å². The van der Waals surface area contributed by atoms with Gasteiger partial charge in [0.1, 0.15) is 11.3 Å². The fourth-order valence-electron chi connectivity index (χ4n) is 2.37. The van der Waals surface area contributed by atoms with Crippen LogP contribution in [0.15, 0.2) is 14.4 Å². The van der Waals surface area contributed by atoms with E-state index in [1.54, 1.807) is 0 Å². The van der Waals surface area contributed by atoms with Gasteiger partial charge < -0.3 is 4.98 Å². The van der Waals surface area contributed by atoms with Crippen LogP contribution in [0.1, 0.15) is 38.2 Å². The van der Waals surface area contributed by atoms with Gasteiger partial charge in [0.15, 0.2) is 11.7 Å². The molecule has 1 N–H and O–H groups in total. The quantitative estimate of drug-likeness (QED) is 0.797. The zero-order chi connectivity index (χ0) is 18.0. The molecule has 0 bridgehead atoms. The van der Waals surface area contributed by atoms with Crippen molar-refractivity contribution in [1.82, 2.24) is 19.1 Å². The molecule has 1 atom stereocenters. The van der Waals surface area contributed by atoms with Crippen molar-refractivity contribution in [3.8, 4) is 0 Å². The zero-order valence-corrected chi connectivity index (χ0v) is 13.2. The Morgan fingerprint density at radius 2 is 1.83 bits per heavy atom. The predicted molar refractivity (Wildman–Crippen MR) is 81.2 cm³/mol. The molecule has 0 saturated heterocycles. The highest BCUT2D eigenvalue weighted by molar-refractivity contribution is 5.72. The summed E-state index contributed by atoms with van der Waals surface area (Å²) in [6, 6.07) is 0. The molecule has 0 aliphatic rings. The van der Waals surface area contributed by atoms with Gasteiger partial charge in [-0.2, -0.15) is 0 Å². The maximum Gasteiger partial charge on any atom is 0.331 e. The molecule has 7 nitrogen and oxygen atoms in total. The molecule has 0 radical (unpaired) electrons. The lowest BCUT2D eigenvalue weighted by atomic mass is 10.2. The SMILES string of the molecule is CC(F)c1nc2c(=O)n(C)c(=O)n(CCCCC(F)F)c2c(=O)[nH]1. The van der Waals surface area contributed by atoms with Crippen LogP contribution in [0.5, 0.6) is 0 Å². The van der Waals surface area contributed by atoms with Crippen LogP contribution in [0.3, 0.4) is 0 Å². The third kappa shape index (κ3) is 3.41. The fraction of sp³-hybridized carbons (Fsp3) is 0.571. The number of aromatic nitrogens is 4. The van der Waals surface area contributed by atoms with Crippen LogP contribution in [0.2, 0.25) is 0 Å². The Labute approximate surface area is 133 Å². The van der Waals surface area contributed by atoms with Gasteiger partial charge in [-0.15, -0.1) is 0 Å². The van der Waals surface area contributed by atoms with Crippen LogP contribution < -0.4 is 16.8 Å². The van der Waals surface area contributed by atoms with Crippen LogP contribution in [0.25, 0.3) is 11.0 Å². The summed E-state index contributed by atoms with van der Waals surface area (Å²) >= 11 is 0. The smallest absolute Gasteiger partial charge is 0.306 e. The number of alkyl halides is 3. The molecular formula is C14H17F3N4O3. The van der Waals surface area contributed by atoms with Gasteiger partial charge in [0.05, 0.1) is 0 Å². The Bertz CT molecular complexity index is 914. The van der Waals surface area contributed by atoms with E-state index in [1.165, 1.54) is 7.05 Å². The van der Waals surface area contributed by atoms with Crippen molar-refractivity contribution in [2.45, 2.75) is 45.3 Å². The van der Waals surface area contributed by atoms with Crippen molar-refractivity contribution in [1.29, 1.82) is 0 Å². The molecule has 24 heavy (non-hydrogen) atoms. The number of halogens is 3. The molecule has 0 aliphatic heterocycles. The maximum absolute atomic E-state index is 13.4. The topological polar surface area (TPSA) is 89.8 Å². The molecule has 0 fully saturated rings. The number of hydrogen-bond acceptors (Lipinski definition) is 4. The van der Waals surface area contributed by atoms with Gasteiger partial charge in [0.25, 0.3) is 11.1 Å². The normalized spacial score (nSPS) is 12.9. The second-order valence-corrected chi connectivity index (χ2v) is 5.45. The molecule has 0 spiro atoms. The number of fused-ring (bicyclic) bond motifs is 1. The lowest BCUT2D eigenvalue weighted by Gasteiger charge is -2.12. The minimum absolute atomic E-state index is 0.0224. The first kappa shape index (κ1) is 18.0. The maximum atomic E-state index is 13.4. The van der Waals surface area contributed by atoms with Gasteiger partial charge >= 0.3 is 5.69 Å². The standard InChI is InChI=1S/C14H17F3N4O3/c1-7(15)11-18-9-10(12(22)19-11)21(6-4-3-5-8(16)17)14(24)20(2)13(9)23/h7-8H,3-6H2,1-2H3,(H,18,19,22). The Balaban J connectivity index is 2.60. The lowest BCUT2D eigenvalue weighted by molar-refractivity contribution is 0.133. The number of nitrogens with zero attached hydrogens (tertiary/aromatic N) is 3. The number of unbranched alkanes of at least 4 members (excludes halogenated alkanes) is 1. The summed E-state index contributed by atoms with van der Waals surface area (Å²) in [6.45, 7) is 1.13. The Kier molecular flexibility index (Phi) is 5.25. The molecular weight excluding hydrogens is 329 g/mol. The molecule has 0 aromatic carbocycles. The molecule has 132 valence electrons. The number of hydrogen-bond donors (Lipinski definition) is 1. The van der Waals surface area contributed by atoms with E-state index in [0.717, 1.165) is 16.1 Å². The molecule has 0 aliphatic carbocycles. The van der Waals surface area contributed by atoms with Crippen molar-refractivity contribution in [3.05, 3.63) is 37.0 Å². The number of rotatable bonds is 6. The van der Waals surface area contributed by atoms with Crippen LogP contribution in [0.4, 0.5) is 13.2 Å². The van der Waals surface area contributed by atoms with E-state index >= 15 is 0 Å². The summed E-state index contributed by atoms with van der Waals surface area (Å²) in [5.74, 6) is -0.313. The third-order valence-corrected chi connectivity index (χ3v) is 3.64. The minimum atomic E-state index is -2.45. The second-order valence-electron chi connectivity index (χ2n) is 5.45.